The number of rotatable bonds is 9. The van der Waals surface area contributed by atoms with Gasteiger partial charge in [-0.3, -0.25) is 4.68 Å². The van der Waals surface area contributed by atoms with Gasteiger partial charge in [0.25, 0.3) is 0 Å². The molecule has 1 unspecified atom stereocenters. The molecule has 1 atom stereocenters. The number of alkyl halides is 3. The van der Waals surface area contributed by atoms with Gasteiger partial charge in [0.1, 0.15) is 16.8 Å². The summed E-state index contributed by atoms with van der Waals surface area (Å²) in [7, 11) is 2.52. The Hall–Kier alpha value is -2.57. The third-order valence-corrected chi connectivity index (χ3v) is 4.86. The zero-order valence-electron chi connectivity index (χ0n) is 16.5. The van der Waals surface area contributed by atoms with Gasteiger partial charge in [-0.1, -0.05) is 24.3 Å². The number of aromatic nitrogens is 2. The van der Waals surface area contributed by atoms with Crippen LogP contribution in [0.2, 0.25) is 0 Å². The van der Waals surface area contributed by atoms with Crippen molar-refractivity contribution in [2.24, 2.45) is 0 Å². The van der Waals surface area contributed by atoms with E-state index in [0.29, 0.717) is 11.1 Å². The summed E-state index contributed by atoms with van der Waals surface area (Å²) < 4.78 is 56.1. The van der Waals surface area contributed by atoms with Gasteiger partial charge in [-0.2, -0.15) is 13.2 Å². The summed E-state index contributed by atoms with van der Waals surface area (Å²) in [6.07, 6.45) is -4.95. The van der Waals surface area contributed by atoms with Crippen molar-refractivity contribution in [2.45, 2.75) is 25.4 Å². The van der Waals surface area contributed by atoms with Crippen LogP contribution in [0.15, 0.2) is 35.1 Å². The Bertz CT molecular complexity index is 945. The maximum Gasteiger partial charge on any atom is 0.424 e. The molecular formula is C19H20BrF3N2O6. The lowest BCUT2D eigenvalue weighted by Crippen LogP contribution is -2.21. The van der Waals surface area contributed by atoms with Crippen LogP contribution in [0.4, 0.5) is 13.2 Å². The van der Waals surface area contributed by atoms with E-state index in [1.165, 1.54) is 14.2 Å². The highest BCUT2D eigenvalue weighted by Crippen LogP contribution is 2.41. The van der Waals surface area contributed by atoms with Gasteiger partial charge in [0.2, 0.25) is 5.88 Å². The van der Waals surface area contributed by atoms with E-state index in [1.54, 1.807) is 24.3 Å². The highest BCUT2D eigenvalue weighted by Gasteiger charge is 2.41. The molecule has 170 valence electrons. The summed E-state index contributed by atoms with van der Waals surface area (Å²) in [6.45, 7) is -1.40. The Labute approximate surface area is 184 Å². The number of aliphatic hydroxyl groups excluding tert-OH is 2. The predicted octanol–water partition coefficient (Wildman–Crippen LogP) is 2.76. The molecule has 0 aliphatic heterocycles. The van der Waals surface area contributed by atoms with Crippen molar-refractivity contribution in [1.29, 1.82) is 0 Å². The van der Waals surface area contributed by atoms with Crippen LogP contribution in [-0.4, -0.2) is 52.9 Å². The van der Waals surface area contributed by atoms with E-state index in [2.05, 4.69) is 21.0 Å². The van der Waals surface area contributed by atoms with Crippen LogP contribution in [0.5, 0.6) is 5.88 Å². The average molecular weight is 509 g/mol. The van der Waals surface area contributed by atoms with E-state index in [-0.39, 0.29) is 18.7 Å². The van der Waals surface area contributed by atoms with Crippen molar-refractivity contribution in [2.75, 3.05) is 20.8 Å². The second-order valence-corrected chi connectivity index (χ2v) is 6.94. The van der Waals surface area contributed by atoms with E-state index < -0.39 is 40.9 Å². The standard InChI is InChI=1S/C19H20BrF3N2O6/c1-29-10-14(18(28)30-2)13-6-4-3-5-11(13)9-31-17-15(19(21,22)23)16(20)25(24-17)7-12(27)8-26/h3-6,10,12,26-27H,7-9H2,1-2H3/b14-10+. The smallest absolute Gasteiger partial charge is 0.424 e. The minimum Gasteiger partial charge on any atom is -0.503 e. The molecule has 0 fully saturated rings. The molecule has 1 aromatic carbocycles. The van der Waals surface area contributed by atoms with Crippen LogP contribution in [0.1, 0.15) is 16.7 Å². The van der Waals surface area contributed by atoms with Crippen molar-refractivity contribution in [3.8, 4) is 5.88 Å². The Balaban J connectivity index is 2.40. The van der Waals surface area contributed by atoms with Gasteiger partial charge >= 0.3 is 12.1 Å². The first kappa shape index (κ1) is 24.7. The lowest BCUT2D eigenvalue weighted by atomic mass is 10.0. The fraction of sp³-hybridized carbons (Fsp3) is 0.368. The van der Waals surface area contributed by atoms with E-state index in [9.17, 15) is 23.1 Å². The van der Waals surface area contributed by atoms with Crippen molar-refractivity contribution in [3.05, 3.63) is 51.8 Å². The zero-order valence-corrected chi connectivity index (χ0v) is 18.1. The van der Waals surface area contributed by atoms with Crippen molar-refractivity contribution in [1.82, 2.24) is 9.78 Å². The van der Waals surface area contributed by atoms with Gasteiger partial charge in [-0.25, -0.2) is 4.79 Å². The van der Waals surface area contributed by atoms with Crippen LogP contribution < -0.4 is 4.74 Å². The van der Waals surface area contributed by atoms with Crippen molar-refractivity contribution >= 4 is 27.5 Å². The summed E-state index contributed by atoms with van der Waals surface area (Å²) >= 11 is 2.83. The second kappa shape index (κ2) is 10.6. The molecule has 0 amide bonds. The number of hydrogen-bond acceptors (Lipinski definition) is 7. The van der Waals surface area contributed by atoms with Gasteiger partial charge in [-0.05, 0) is 27.1 Å². The fourth-order valence-corrected chi connectivity index (χ4v) is 3.26. The van der Waals surface area contributed by atoms with E-state index in [4.69, 9.17) is 19.3 Å². The molecule has 0 radical (unpaired) electrons. The number of halogens is 4. The molecule has 8 nitrogen and oxygen atoms in total. The lowest BCUT2D eigenvalue weighted by molar-refractivity contribution is -0.139. The van der Waals surface area contributed by atoms with Crippen LogP contribution in [0.3, 0.4) is 0 Å². The molecule has 0 saturated heterocycles. The molecule has 31 heavy (non-hydrogen) atoms. The maximum atomic E-state index is 13.6. The fourth-order valence-electron chi connectivity index (χ4n) is 2.64. The normalized spacial score (nSPS) is 13.1. The Morgan fingerprint density at radius 3 is 2.58 bits per heavy atom. The minimum atomic E-state index is -4.80. The third-order valence-electron chi connectivity index (χ3n) is 4.05. The van der Waals surface area contributed by atoms with Crippen LogP contribution in [-0.2, 0) is 33.6 Å². The Morgan fingerprint density at radius 2 is 2.00 bits per heavy atom. The molecule has 12 heteroatoms. The first-order valence-corrected chi connectivity index (χ1v) is 9.58. The highest BCUT2D eigenvalue weighted by atomic mass is 79.9. The van der Waals surface area contributed by atoms with E-state index >= 15 is 0 Å². The third kappa shape index (κ3) is 5.99. The molecule has 0 aliphatic carbocycles. The van der Waals surface area contributed by atoms with Gasteiger partial charge in [-0.15, -0.1) is 5.10 Å². The lowest BCUT2D eigenvalue weighted by Gasteiger charge is -2.13. The largest absolute Gasteiger partial charge is 0.503 e. The Morgan fingerprint density at radius 1 is 1.32 bits per heavy atom. The van der Waals surface area contributed by atoms with Crippen molar-refractivity contribution in [3.63, 3.8) is 0 Å². The minimum absolute atomic E-state index is 0.0537. The first-order valence-electron chi connectivity index (χ1n) is 8.78. The Kier molecular flexibility index (Phi) is 8.48. The monoisotopic (exact) mass is 508 g/mol. The summed E-state index contributed by atoms with van der Waals surface area (Å²) in [5.74, 6) is -1.43. The summed E-state index contributed by atoms with van der Waals surface area (Å²) in [5, 5.41) is 22.3. The number of carbonyl (C=O) groups excluding carboxylic acids is 1. The predicted molar refractivity (Wildman–Crippen MR) is 106 cm³/mol. The van der Waals surface area contributed by atoms with E-state index in [1.807, 2.05) is 0 Å². The average Bonchev–Trinajstić information content (AvgIpc) is 3.05. The highest BCUT2D eigenvalue weighted by molar-refractivity contribution is 9.10. The van der Waals surface area contributed by atoms with E-state index in [0.717, 1.165) is 10.9 Å². The molecule has 2 aromatic rings. The number of aliphatic hydroxyl groups is 2. The number of esters is 1. The number of methoxy groups -OCH3 is 2. The first-order chi connectivity index (χ1) is 14.6. The molecule has 2 rings (SSSR count). The topological polar surface area (TPSA) is 103 Å². The number of carbonyl (C=O) groups is 1. The molecular weight excluding hydrogens is 489 g/mol. The van der Waals surface area contributed by atoms with Gasteiger partial charge in [0.15, 0.2) is 5.56 Å². The quantitative estimate of drug-likeness (QED) is 0.305. The van der Waals surface area contributed by atoms with Crippen LogP contribution >= 0.6 is 15.9 Å². The molecule has 1 aromatic heterocycles. The number of ether oxygens (including phenoxy) is 3. The molecule has 2 N–H and O–H groups in total. The summed E-state index contributed by atoms with van der Waals surface area (Å²) in [4.78, 5) is 12.1. The molecule has 0 bridgehead atoms. The molecule has 0 aliphatic rings. The zero-order chi connectivity index (χ0) is 23.2. The second-order valence-electron chi connectivity index (χ2n) is 6.19. The van der Waals surface area contributed by atoms with Gasteiger partial charge < -0.3 is 24.4 Å². The maximum absolute atomic E-state index is 13.6. The van der Waals surface area contributed by atoms with Crippen LogP contribution in [0.25, 0.3) is 5.57 Å². The van der Waals surface area contributed by atoms with Crippen molar-refractivity contribution < 1.29 is 42.4 Å². The number of benzene rings is 1. The SMILES string of the molecule is CO/C=C(/C(=O)OC)c1ccccc1COc1nn(CC(O)CO)c(Br)c1C(F)(F)F. The number of hydrogen-bond donors (Lipinski definition) is 2. The van der Waals surface area contributed by atoms with Gasteiger partial charge in [0.05, 0.1) is 39.7 Å². The molecule has 0 spiro atoms. The molecule has 0 saturated carbocycles. The summed E-state index contributed by atoms with van der Waals surface area (Å²) in [6, 6.07) is 6.39. The summed E-state index contributed by atoms with van der Waals surface area (Å²) in [5.41, 5.74) is -0.391. The number of nitrogens with zero attached hydrogens (tertiary/aromatic N) is 2. The van der Waals surface area contributed by atoms with Crippen LogP contribution in [0, 0.1) is 0 Å². The van der Waals surface area contributed by atoms with Gasteiger partial charge in [0, 0.05) is 0 Å². The molecule has 1 heterocycles.